The molecule has 1 aliphatic heterocycles. The Labute approximate surface area is 181 Å². The van der Waals surface area contributed by atoms with Crippen LogP contribution in [-0.2, 0) is 4.79 Å². The molecule has 1 aromatic carbocycles. The molecule has 0 bridgehead atoms. The molecule has 7 heteroatoms. The largest absolute Gasteiger partial charge is 0.494 e. The van der Waals surface area contributed by atoms with E-state index in [1.165, 1.54) is 24.6 Å². The summed E-state index contributed by atoms with van der Waals surface area (Å²) in [7, 11) is 0. The van der Waals surface area contributed by atoms with Gasteiger partial charge in [-0.3, -0.25) is 19.4 Å². The number of thioether (sulfide) groups is 1. The van der Waals surface area contributed by atoms with Gasteiger partial charge >= 0.3 is 0 Å². The van der Waals surface area contributed by atoms with Gasteiger partial charge in [0.1, 0.15) is 11.6 Å². The van der Waals surface area contributed by atoms with Gasteiger partial charge in [-0.05, 0) is 37.0 Å². The zero-order valence-electron chi connectivity index (χ0n) is 17.6. The molecule has 0 spiro atoms. The van der Waals surface area contributed by atoms with Crippen molar-refractivity contribution in [2.24, 2.45) is 0 Å². The van der Waals surface area contributed by atoms with Gasteiger partial charge in [-0.25, -0.2) is 0 Å². The van der Waals surface area contributed by atoms with E-state index < -0.39 is 0 Å². The maximum absolute atomic E-state index is 13.0. The number of benzene rings is 1. The van der Waals surface area contributed by atoms with Gasteiger partial charge in [0.25, 0.3) is 5.56 Å². The lowest BCUT2D eigenvalue weighted by Gasteiger charge is -2.19. The molecule has 2 aliphatic rings. The average Bonchev–Trinajstić information content (AvgIpc) is 2.95. The summed E-state index contributed by atoms with van der Waals surface area (Å²) in [6.45, 7) is 2.85. The van der Waals surface area contributed by atoms with Crippen molar-refractivity contribution >= 4 is 23.5 Å². The van der Waals surface area contributed by atoms with Crippen LogP contribution in [0.25, 0.3) is 0 Å². The minimum atomic E-state index is -0.181. The van der Waals surface area contributed by atoms with Crippen LogP contribution < -0.4 is 15.6 Å². The summed E-state index contributed by atoms with van der Waals surface area (Å²) >= 11 is 1.51. The van der Waals surface area contributed by atoms with Crippen LogP contribution in [-0.4, -0.2) is 28.0 Å². The van der Waals surface area contributed by atoms with E-state index in [1.54, 1.807) is 0 Å². The molecule has 1 unspecified atom stereocenters. The number of anilines is 1. The smallest absolute Gasteiger partial charge is 0.270 e. The summed E-state index contributed by atoms with van der Waals surface area (Å²) < 4.78 is 7.72. The van der Waals surface area contributed by atoms with Crippen molar-refractivity contribution in [2.75, 3.05) is 17.7 Å². The lowest BCUT2D eigenvalue weighted by molar-refractivity contribution is -0.113. The van der Waals surface area contributed by atoms with Crippen molar-refractivity contribution in [1.82, 2.24) is 9.78 Å². The van der Waals surface area contributed by atoms with E-state index in [-0.39, 0.29) is 22.8 Å². The van der Waals surface area contributed by atoms with Crippen LogP contribution in [0.5, 0.6) is 5.75 Å². The average molecular weight is 430 g/mol. The van der Waals surface area contributed by atoms with Gasteiger partial charge < -0.3 is 10.1 Å². The van der Waals surface area contributed by atoms with Crippen LogP contribution in [0.2, 0.25) is 0 Å². The van der Waals surface area contributed by atoms with Gasteiger partial charge in [0, 0.05) is 0 Å². The Morgan fingerprint density at radius 1 is 1.10 bits per heavy atom. The quantitative estimate of drug-likeness (QED) is 0.499. The predicted octanol–water partition coefficient (Wildman–Crippen LogP) is 5.03. The molecular formula is C23H31N3O3S. The number of nitrogens with zero attached hydrogens (tertiary/aromatic N) is 1. The van der Waals surface area contributed by atoms with Crippen molar-refractivity contribution in [1.29, 1.82) is 0 Å². The van der Waals surface area contributed by atoms with Gasteiger partial charge in [0.05, 0.1) is 29.2 Å². The zero-order valence-corrected chi connectivity index (χ0v) is 18.4. The van der Waals surface area contributed by atoms with E-state index in [0.29, 0.717) is 23.7 Å². The van der Waals surface area contributed by atoms with Crippen molar-refractivity contribution in [3.8, 4) is 5.75 Å². The van der Waals surface area contributed by atoms with E-state index in [4.69, 9.17) is 4.74 Å². The molecule has 162 valence electrons. The highest BCUT2D eigenvalue weighted by Crippen LogP contribution is 2.41. The Balaban J connectivity index is 1.65. The number of hydrogen-bond donors (Lipinski definition) is 2. The molecule has 2 N–H and O–H groups in total. The highest BCUT2D eigenvalue weighted by molar-refractivity contribution is 8.00. The number of aromatic amines is 1. The van der Waals surface area contributed by atoms with E-state index in [9.17, 15) is 9.59 Å². The number of hydrogen-bond acceptors (Lipinski definition) is 4. The van der Waals surface area contributed by atoms with E-state index in [0.717, 1.165) is 49.8 Å². The predicted molar refractivity (Wildman–Crippen MR) is 122 cm³/mol. The molecule has 1 fully saturated rings. The molecule has 1 aromatic heterocycles. The highest BCUT2D eigenvalue weighted by Gasteiger charge is 2.32. The molecule has 2 heterocycles. The molecule has 30 heavy (non-hydrogen) atoms. The molecule has 1 aliphatic carbocycles. The summed E-state index contributed by atoms with van der Waals surface area (Å²) in [5.74, 6) is 1.78. The van der Waals surface area contributed by atoms with Gasteiger partial charge in [-0.2, -0.15) is 0 Å². The van der Waals surface area contributed by atoms with Gasteiger partial charge in [0.15, 0.2) is 0 Å². The van der Waals surface area contributed by atoms with Crippen LogP contribution in [0.15, 0.2) is 29.1 Å². The second kappa shape index (κ2) is 9.77. The first kappa shape index (κ1) is 21.1. The minimum Gasteiger partial charge on any atom is -0.494 e. The van der Waals surface area contributed by atoms with Crippen molar-refractivity contribution in [3.63, 3.8) is 0 Å². The third-order valence-corrected chi connectivity index (χ3v) is 7.27. The molecule has 2 aromatic rings. The third kappa shape index (κ3) is 4.61. The summed E-state index contributed by atoms with van der Waals surface area (Å²) in [6, 6.07) is 8.19. The Morgan fingerprint density at radius 2 is 1.83 bits per heavy atom. The zero-order chi connectivity index (χ0) is 20.9. The molecule has 1 atom stereocenters. The maximum atomic E-state index is 13.0. The Kier molecular flexibility index (Phi) is 6.87. The van der Waals surface area contributed by atoms with Crippen LogP contribution in [0.3, 0.4) is 0 Å². The van der Waals surface area contributed by atoms with E-state index >= 15 is 0 Å². The summed E-state index contributed by atoms with van der Waals surface area (Å²) in [5, 5.41) is 5.90. The minimum absolute atomic E-state index is 0.0513. The highest BCUT2D eigenvalue weighted by atomic mass is 32.2. The van der Waals surface area contributed by atoms with Gasteiger partial charge in [0.2, 0.25) is 5.91 Å². The first-order valence-electron chi connectivity index (χ1n) is 11.2. The van der Waals surface area contributed by atoms with Crippen LogP contribution in [0, 0.1) is 0 Å². The summed E-state index contributed by atoms with van der Waals surface area (Å²) in [6.07, 6.45) is 8.99. The number of unbranched alkanes of at least 4 members (excludes halogenated alkanes) is 1. The molecule has 1 amide bonds. The number of rotatable bonds is 6. The summed E-state index contributed by atoms with van der Waals surface area (Å²) in [4.78, 5) is 25.5. The van der Waals surface area contributed by atoms with Crippen LogP contribution in [0.1, 0.15) is 80.7 Å². The number of carbonyl (C=O) groups excluding carboxylic acids is 1. The number of H-pyrrole nitrogens is 1. The molecular weight excluding hydrogens is 398 g/mol. The lowest BCUT2D eigenvalue weighted by atomic mass is 10.1. The van der Waals surface area contributed by atoms with Crippen molar-refractivity contribution < 1.29 is 9.53 Å². The maximum Gasteiger partial charge on any atom is 0.270 e. The fraction of sp³-hybridized carbons (Fsp3) is 0.565. The number of carbonyl (C=O) groups is 1. The molecule has 1 saturated carbocycles. The van der Waals surface area contributed by atoms with Gasteiger partial charge in [-0.1, -0.05) is 51.2 Å². The van der Waals surface area contributed by atoms with E-state index in [1.807, 2.05) is 28.9 Å². The fourth-order valence-electron chi connectivity index (χ4n) is 4.37. The fourth-order valence-corrected chi connectivity index (χ4v) is 5.50. The molecule has 0 radical (unpaired) electrons. The number of fused-ring (bicyclic) bond motifs is 1. The number of nitrogens with one attached hydrogen (secondary N) is 2. The van der Waals surface area contributed by atoms with Crippen molar-refractivity contribution in [3.05, 3.63) is 45.7 Å². The van der Waals surface area contributed by atoms with E-state index in [2.05, 4.69) is 17.3 Å². The van der Waals surface area contributed by atoms with Crippen LogP contribution in [0.4, 0.5) is 5.82 Å². The molecule has 6 nitrogen and oxygen atoms in total. The standard InChI is InChI=1S/C23H31N3O3S/c1-2-3-14-29-18-12-10-16(11-13-18)21-20-22(24-19(27)15-30-21)26(25-23(20)28)17-8-6-4-5-7-9-17/h10-13,17,21H,2-9,14-15H2,1H3,(H,24,27)(H,25,28). The Bertz CT molecular complexity index is 911. The van der Waals surface area contributed by atoms with Crippen molar-refractivity contribution in [2.45, 2.75) is 69.6 Å². The van der Waals surface area contributed by atoms with Gasteiger partial charge in [-0.15, -0.1) is 11.8 Å². The lowest BCUT2D eigenvalue weighted by Crippen LogP contribution is -2.19. The first-order valence-corrected chi connectivity index (χ1v) is 12.2. The molecule has 4 rings (SSSR count). The van der Waals surface area contributed by atoms with Crippen LogP contribution >= 0.6 is 11.8 Å². The number of aromatic nitrogens is 2. The molecule has 0 saturated heterocycles. The third-order valence-electron chi connectivity index (χ3n) is 6.00. The second-order valence-corrected chi connectivity index (χ2v) is 9.32. The monoisotopic (exact) mass is 429 g/mol. The second-order valence-electron chi connectivity index (χ2n) is 8.23. The number of amides is 1. The topological polar surface area (TPSA) is 76.1 Å². The Morgan fingerprint density at radius 3 is 2.53 bits per heavy atom. The normalized spacial score (nSPS) is 20.2. The SMILES string of the molecule is CCCCOc1ccc(C2SCC(=O)Nc3c2c(=O)[nH]n3C2CCCCCC2)cc1. The first-order chi connectivity index (χ1) is 14.7. The number of ether oxygens (including phenoxy) is 1. The Hall–Kier alpha value is -2.15. The summed E-state index contributed by atoms with van der Waals surface area (Å²) in [5.41, 5.74) is 1.58.